The fraction of sp³-hybridized carbons (Fsp3) is 0.571. The minimum absolute atomic E-state index is 0.0829. The van der Waals surface area contributed by atoms with Crippen LogP contribution in [0.2, 0.25) is 0 Å². The lowest BCUT2D eigenvalue weighted by atomic mass is 10.1. The summed E-state index contributed by atoms with van der Waals surface area (Å²) in [5, 5.41) is 14.0. The standard InChI is InChI=1S/C14H22N2O4/c1-3-15-11-12-10-13(16(17)18)6-7-14(12)20-9-5-8-19-4-2/h6-7,10,15H,3-5,8-9,11H2,1-2H3. The Hall–Kier alpha value is -1.66. The SMILES string of the molecule is CCNCc1cc([N+](=O)[O-])ccc1OCCCOCC. The largest absolute Gasteiger partial charge is 0.493 e. The van der Waals surface area contributed by atoms with Crippen molar-refractivity contribution in [3.8, 4) is 5.75 Å². The number of hydrogen-bond acceptors (Lipinski definition) is 5. The summed E-state index contributed by atoms with van der Waals surface area (Å²) >= 11 is 0. The molecule has 1 rings (SSSR count). The van der Waals surface area contributed by atoms with E-state index in [0.717, 1.165) is 18.5 Å². The maximum absolute atomic E-state index is 10.8. The fourth-order valence-corrected chi connectivity index (χ4v) is 1.71. The van der Waals surface area contributed by atoms with E-state index < -0.39 is 4.92 Å². The zero-order valence-corrected chi connectivity index (χ0v) is 12.1. The highest BCUT2D eigenvalue weighted by Gasteiger charge is 2.11. The summed E-state index contributed by atoms with van der Waals surface area (Å²) < 4.78 is 10.9. The quantitative estimate of drug-likeness (QED) is 0.405. The molecule has 0 aliphatic carbocycles. The van der Waals surface area contributed by atoms with Crippen LogP contribution < -0.4 is 10.1 Å². The third-order valence-electron chi connectivity index (χ3n) is 2.72. The maximum atomic E-state index is 10.8. The normalized spacial score (nSPS) is 10.5. The Morgan fingerprint density at radius 2 is 2.10 bits per heavy atom. The molecule has 1 N–H and O–H groups in total. The van der Waals surface area contributed by atoms with E-state index in [9.17, 15) is 10.1 Å². The molecule has 0 aliphatic heterocycles. The Kier molecular flexibility index (Phi) is 7.60. The lowest BCUT2D eigenvalue weighted by Crippen LogP contribution is -2.13. The van der Waals surface area contributed by atoms with Crippen molar-refractivity contribution in [3.63, 3.8) is 0 Å². The second-order valence-corrected chi connectivity index (χ2v) is 4.23. The molecule has 112 valence electrons. The van der Waals surface area contributed by atoms with Gasteiger partial charge in [0.2, 0.25) is 0 Å². The van der Waals surface area contributed by atoms with Crippen molar-refractivity contribution in [1.82, 2.24) is 5.32 Å². The molecule has 1 aromatic rings. The topological polar surface area (TPSA) is 73.6 Å². The van der Waals surface area contributed by atoms with Crippen molar-refractivity contribution in [2.24, 2.45) is 0 Å². The molecule has 0 saturated heterocycles. The second-order valence-electron chi connectivity index (χ2n) is 4.23. The molecule has 1 aromatic carbocycles. The molecule has 20 heavy (non-hydrogen) atoms. The Labute approximate surface area is 119 Å². The smallest absolute Gasteiger partial charge is 0.270 e. The highest BCUT2D eigenvalue weighted by atomic mass is 16.6. The van der Waals surface area contributed by atoms with Crippen LogP contribution in [0.15, 0.2) is 18.2 Å². The van der Waals surface area contributed by atoms with Gasteiger partial charge in [-0.05, 0) is 19.5 Å². The summed E-state index contributed by atoms with van der Waals surface area (Å²) in [5.74, 6) is 0.688. The van der Waals surface area contributed by atoms with Crippen molar-refractivity contribution in [2.75, 3.05) is 26.4 Å². The van der Waals surface area contributed by atoms with Crippen LogP contribution in [0.1, 0.15) is 25.8 Å². The first-order valence-corrected chi connectivity index (χ1v) is 6.87. The van der Waals surface area contributed by atoms with Gasteiger partial charge >= 0.3 is 0 Å². The molecule has 0 spiro atoms. The predicted octanol–water partition coefficient (Wildman–Crippen LogP) is 2.51. The van der Waals surface area contributed by atoms with E-state index in [4.69, 9.17) is 9.47 Å². The van der Waals surface area contributed by atoms with E-state index in [1.54, 1.807) is 12.1 Å². The number of hydrogen-bond donors (Lipinski definition) is 1. The molecule has 0 radical (unpaired) electrons. The Morgan fingerprint density at radius 3 is 2.75 bits per heavy atom. The highest BCUT2D eigenvalue weighted by molar-refractivity contribution is 5.43. The van der Waals surface area contributed by atoms with E-state index in [0.29, 0.717) is 32.1 Å². The van der Waals surface area contributed by atoms with Gasteiger partial charge in [-0.25, -0.2) is 0 Å². The number of nitro benzene ring substituents is 1. The number of rotatable bonds is 10. The van der Waals surface area contributed by atoms with Crippen molar-refractivity contribution >= 4 is 5.69 Å². The van der Waals surface area contributed by atoms with Gasteiger partial charge in [-0.2, -0.15) is 0 Å². The summed E-state index contributed by atoms with van der Waals surface area (Å²) in [4.78, 5) is 10.4. The number of nitrogens with zero attached hydrogens (tertiary/aromatic N) is 1. The average Bonchev–Trinajstić information content (AvgIpc) is 2.45. The molecule has 0 atom stereocenters. The molecular formula is C14H22N2O4. The summed E-state index contributed by atoms with van der Waals surface area (Å²) in [6, 6.07) is 4.68. The monoisotopic (exact) mass is 282 g/mol. The van der Waals surface area contributed by atoms with E-state index in [2.05, 4.69) is 5.32 Å². The zero-order chi connectivity index (χ0) is 14.8. The van der Waals surface area contributed by atoms with Gasteiger partial charge in [0.1, 0.15) is 5.75 Å². The lowest BCUT2D eigenvalue weighted by Gasteiger charge is -2.11. The molecule has 0 fully saturated rings. The molecule has 0 aromatic heterocycles. The van der Waals surface area contributed by atoms with Gasteiger partial charge in [0.05, 0.1) is 11.5 Å². The number of nitro groups is 1. The fourth-order valence-electron chi connectivity index (χ4n) is 1.71. The molecule has 0 aliphatic rings. The van der Waals surface area contributed by atoms with E-state index in [1.165, 1.54) is 6.07 Å². The second kappa shape index (κ2) is 9.28. The van der Waals surface area contributed by atoms with Crippen LogP contribution >= 0.6 is 0 Å². The van der Waals surface area contributed by atoms with Gasteiger partial charge in [-0.15, -0.1) is 0 Å². The number of benzene rings is 1. The van der Waals surface area contributed by atoms with Crippen LogP contribution in [0, 0.1) is 10.1 Å². The van der Waals surface area contributed by atoms with Crippen LogP contribution in [0.5, 0.6) is 5.75 Å². The van der Waals surface area contributed by atoms with Crippen LogP contribution in [-0.2, 0) is 11.3 Å². The Morgan fingerprint density at radius 1 is 1.30 bits per heavy atom. The van der Waals surface area contributed by atoms with E-state index >= 15 is 0 Å². The summed E-state index contributed by atoms with van der Waals surface area (Å²) in [5.41, 5.74) is 0.886. The van der Waals surface area contributed by atoms with Crippen molar-refractivity contribution in [3.05, 3.63) is 33.9 Å². The van der Waals surface area contributed by atoms with Crippen LogP contribution in [0.3, 0.4) is 0 Å². The molecule has 0 amide bonds. The van der Waals surface area contributed by atoms with Crippen LogP contribution in [0.4, 0.5) is 5.69 Å². The minimum Gasteiger partial charge on any atom is -0.493 e. The summed E-state index contributed by atoms with van der Waals surface area (Å²) in [7, 11) is 0. The van der Waals surface area contributed by atoms with Crippen LogP contribution in [0.25, 0.3) is 0 Å². The van der Waals surface area contributed by atoms with Gasteiger partial charge in [0.15, 0.2) is 0 Å². The van der Waals surface area contributed by atoms with Crippen LogP contribution in [-0.4, -0.2) is 31.3 Å². The third kappa shape index (κ3) is 5.54. The van der Waals surface area contributed by atoms with Crippen molar-refractivity contribution in [2.45, 2.75) is 26.8 Å². The van der Waals surface area contributed by atoms with E-state index in [-0.39, 0.29) is 5.69 Å². The molecule has 0 bridgehead atoms. The molecule has 6 nitrogen and oxygen atoms in total. The first-order chi connectivity index (χ1) is 9.69. The summed E-state index contributed by atoms with van der Waals surface area (Å²) in [6.45, 7) is 7.18. The van der Waals surface area contributed by atoms with Gasteiger partial charge in [0, 0.05) is 43.9 Å². The Bertz CT molecular complexity index is 424. The number of nitrogens with one attached hydrogen (secondary N) is 1. The zero-order valence-electron chi connectivity index (χ0n) is 12.1. The van der Waals surface area contributed by atoms with Crippen molar-refractivity contribution in [1.29, 1.82) is 0 Å². The average molecular weight is 282 g/mol. The minimum atomic E-state index is -0.395. The molecule has 0 unspecified atom stereocenters. The first-order valence-electron chi connectivity index (χ1n) is 6.87. The van der Waals surface area contributed by atoms with Gasteiger partial charge in [-0.3, -0.25) is 10.1 Å². The van der Waals surface area contributed by atoms with E-state index in [1.807, 2.05) is 13.8 Å². The van der Waals surface area contributed by atoms with Gasteiger partial charge in [-0.1, -0.05) is 6.92 Å². The predicted molar refractivity (Wildman–Crippen MR) is 77.1 cm³/mol. The van der Waals surface area contributed by atoms with Crippen molar-refractivity contribution < 1.29 is 14.4 Å². The number of non-ortho nitro benzene ring substituents is 1. The molecular weight excluding hydrogens is 260 g/mol. The number of ether oxygens (including phenoxy) is 2. The Balaban J connectivity index is 2.64. The molecule has 6 heteroatoms. The van der Waals surface area contributed by atoms with Gasteiger partial charge < -0.3 is 14.8 Å². The first kappa shape index (κ1) is 16.4. The highest BCUT2D eigenvalue weighted by Crippen LogP contribution is 2.24. The maximum Gasteiger partial charge on any atom is 0.270 e. The molecule has 0 heterocycles. The lowest BCUT2D eigenvalue weighted by molar-refractivity contribution is -0.384. The van der Waals surface area contributed by atoms with Gasteiger partial charge in [0.25, 0.3) is 5.69 Å². The third-order valence-corrected chi connectivity index (χ3v) is 2.72. The molecule has 0 saturated carbocycles. The summed E-state index contributed by atoms with van der Waals surface area (Å²) in [6.07, 6.45) is 0.797.